The van der Waals surface area contributed by atoms with E-state index in [1.807, 2.05) is 48.1 Å². The number of amides is 1. The minimum Gasteiger partial charge on any atom is -0.497 e. The summed E-state index contributed by atoms with van der Waals surface area (Å²) in [6.45, 7) is 2.66. The summed E-state index contributed by atoms with van der Waals surface area (Å²) in [5.74, 6) is 0.630. The monoisotopic (exact) mass is 354 g/mol. The summed E-state index contributed by atoms with van der Waals surface area (Å²) in [4.78, 5) is 17.0. The summed E-state index contributed by atoms with van der Waals surface area (Å²) >= 11 is 0. The normalized spacial score (nSPS) is 14.1. The number of benzene rings is 1. The summed E-state index contributed by atoms with van der Waals surface area (Å²) in [5.41, 5.74) is 3.50. The summed E-state index contributed by atoms with van der Waals surface area (Å²) < 4.78 is 7.27. The Morgan fingerprint density at radius 2 is 2.19 bits per heavy atom. The molecule has 1 aliphatic rings. The van der Waals surface area contributed by atoms with E-state index in [0.717, 1.165) is 28.7 Å². The lowest BCUT2D eigenvalue weighted by Gasteiger charge is -2.28. The number of fused-ring (bicyclic) bond motifs is 2. The van der Waals surface area contributed by atoms with Crippen LogP contribution in [0.5, 0.6) is 5.75 Å². The molecule has 1 N–H and O–H groups in total. The average Bonchev–Trinajstić information content (AvgIpc) is 3.24. The lowest BCUT2D eigenvalue weighted by Crippen LogP contribution is -2.39. The molecule has 0 radical (unpaired) electrons. The van der Waals surface area contributed by atoms with Crippen LogP contribution in [-0.2, 0) is 19.6 Å². The smallest absolute Gasteiger partial charge is 0.275 e. The lowest BCUT2D eigenvalue weighted by molar-refractivity contribution is 0.0701. The Bertz CT molecular complexity index is 958. The van der Waals surface area contributed by atoms with Crippen LogP contribution in [-0.4, -0.2) is 63.4 Å². The molecule has 8 nitrogen and oxygen atoms in total. The van der Waals surface area contributed by atoms with Gasteiger partial charge in [0.1, 0.15) is 5.75 Å². The molecule has 2 aromatic heterocycles. The Morgan fingerprint density at radius 3 is 2.96 bits per heavy atom. The van der Waals surface area contributed by atoms with Crippen LogP contribution in [0.4, 0.5) is 0 Å². The molecule has 0 spiro atoms. The van der Waals surface area contributed by atoms with Crippen molar-refractivity contribution < 1.29 is 9.53 Å². The van der Waals surface area contributed by atoms with Gasteiger partial charge >= 0.3 is 0 Å². The first-order valence-electron chi connectivity index (χ1n) is 8.56. The zero-order valence-electron chi connectivity index (χ0n) is 15.2. The zero-order chi connectivity index (χ0) is 18.3. The number of carbonyl (C=O) groups is 1. The first kappa shape index (κ1) is 16.6. The van der Waals surface area contributed by atoms with Crippen LogP contribution in [0.3, 0.4) is 0 Å². The minimum absolute atomic E-state index is 0.0762. The Labute approximate surface area is 151 Å². The van der Waals surface area contributed by atoms with Gasteiger partial charge in [-0.2, -0.15) is 10.2 Å². The van der Waals surface area contributed by atoms with E-state index in [1.54, 1.807) is 7.11 Å². The van der Waals surface area contributed by atoms with Gasteiger partial charge in [0, 0.05) is 24.0 Å². The van der Waals surface area contributed by atoms with Crippen LogP contribution in [0.15, 0.2) is 24.4 Å². The van der Waals surface area contributed by atoms with Gasteiger partial charge in [0.05, 0.1) is 37.6 Å². The number of carbonyl (C=O) groups excluding carboxylic acids is 1. The van der Waals surface area contributed by atoms with Gasteiger partial charge in [-0.25, -0.2) is 0 Å². The van der Waals surface area contributed by atoms with Gasteiger partial charge in [0.25, 0.3) is 5.91 Å². The topological polar surface area (TPSA) is 79.3 Å². The van der Waals surface area contributed by atoms with Crippen LogP contribution < -0.4 is 4.74 Å². The van der Waals surface area contributed by atoms with Crippen molar-refractivity contribution in [3.8, 4) is 5.75 Å². The van der Waals surface area contributed by atoms with E-state index in [-0.39, 0.29) is 5.91 Å². The van der Waals surface area contributed by atoms with Gasteiger partial charge in [0.15, 0.2) is 5.69 Å². The third kappa shape index (κ3) is 2.82. The van der Waals surface area contributed by atoms with Gasteiger partial charge in [-0.1, -0.05) is 0 Å². The molecule has 3 heterocycles. The molecular weight excluding hydrogens is 332 g/mol. The minimum atomic E-state index is -0.0762. The molecule has 8 heteroatoms. The highest BCUT2D eigenvalue weighted by Crippen LogP contribution is 2.25. The first-order chi connectivity index (χ1) is 12.6. The van der Waals surface area contributed by atoms with Crippen molar-refractivity contribution in [3.05, 3.63) is 41.3 Å². The molecule has 1 amide bonds. The van der Waals surface area contributed by atoms with Crippen LogP contribution in [0, 0.1) is 0 Å². The number of nitrogens with zero attached hydrogens (tertiary/aromatic N) is 5. The van der Waals surface area contributed by atoms with Crippen LogP contribution >= 0.6 is 0 Å². The predicted octanol–water partition coefficient (Wildman–Crippen LogP) is 1.49. The van der Waals surface area contributed by atoms with Crippen molar-refractivity contribution >= 4 is 16.8 Å². The Morgan fingerprint density at radius 1 is 1.35 bits per heavy atom. The molecule has 1 aromatic carbocycles. The van der Waals surface area contributed by atoms with Gasteiger partial charge in [0.2, 0.25) is 0 Å². The van der Waals surface area contributed by atoms with Crippen molar-refractivity contribution in [2.24, 2.45) is 0 Å². The van der Waals surface area contributed by atoms with E-state index in [4.69, 9.17) is 4.74 Å². The van der Waals surface area contributed by atoms with Crippen molar-refractivity contribution in [1.82, 2.24) is 29.8 Å². The lowest BCUT2D eigenvalue weighted by atomic mass is 10.1. The predicted molar refractivity (Wildman–Crippen MR) is 97.0 cm³/mol. The quantitative estimate of drug-likeness (QED) is 0.768. The van der Waals surface area contributed by atoms with E-state index >= 15 is 0 Å². The number of hydrogen-bond acceptors (Lipinski definition) is 5. The molecule has 0 saturated carbocycles. The molecule has 0 atom stereocenters. The highest BCUT2D eigenvalue weighted by atomic mass is 16.5. The first-order valence-corrected chi connectivity index (χ1v) is 8.56. The Balaban J connectivity index is 1.63. The van der Waals surface area contributed by atoms with E-state index in [1.165, 1.54) is 0 Å². The fraction of sp³-hybridized carbons (Fsp3) is 0.389. The highest BCUT2D eigenvalue weighted by Gasteiger charge is 2.27. The van der Waals surface area contributed by atoms with Crippen LogP contribution in [0.1, 0.15) is 21.7 Å². The molecule has 26 heavy (non-hydrogen) atoms. The highest BCUT2D eigenvalue weighted by molar-refractivity contribution is 6.05. The second kappa shape index (κ2) is 6.45. The molecule has 0 unspecified atom stereocenters. The fourth-order valence-electron chi connectivity index (χ4n) is 3.38. The SMILES string of the molecule is COc1ccc2[nH]nc(C(=O)N3CCn4ncc(CN(C)C)c4C3)c2c1. The summed E-state index contributed by atoms with van der Waals surface area (Å²) in [7, 11) is 5.67. The van der Waals surface area contributed by atoms with Crippen molar-refractivity contribution in [2.45, 2.75) is 19.6 Å². The standard InChI is InChI=1S/C18H22N6O2/c1-22(2)10-12-9-19-24-7-6-23(11-16(12)24)18(25)17-14-8-13(26-3)4-5-15(14)20-21-17/h4-5,8-9H,6-7,10-11H2,1-3H3,(H,20,21). The van der Waals surface area contributed by atoms with Crippen molar-refractivity contribution in [2.75, 3.05) is 27.7 Å². The van der Waals surface area contributed by atoms with Crippen LogP contribution in [0.25, 0.3) is 10.9 Å². The maximum absolute atomic E-state index is 13.1. The molecule has 0 saturated heterocycles. The summed E-state index contributed by atoms with van der Waals surface area (Å²) in [5, 5.41) is 12.4. The number of methoxy groups -OCH3 is 1. The molecule has 0 fully saturated rings. The van der Waals surface area contributed by atoms with Gasteiger partial charge in [-0.15, -0.1) is 0 Å². The van der Waals surface area contributed by atoms with E-state index < -0.39 is 0 Å². The van der Waals surface area contributed by atoms with Crippen molar-refractivity contribution in [3.63, 3.8) is 0 Å². The maximum atomic E-state index is 13.1. The van der Waals surface area contributed by atoms with Gasteiger partial charge in [-0.05, 0) is 32.3 Å². The number of aromatic nitrogens is 4. The third-order valence-electron chi connectivity index (χ3n) is 4.70. The molecule has 4 rings (SSSR count). The molecule has 136 valence electrons. The van der Waals surface area contributed by atoms with E-state index in [0.29, 0.717) is 31.1 Å². The maximum Gasteiger partial charge on any atom is 0.275 e. The number of nitrogens with one attached hydrogen (secondary N) is 1. The van der Waals surface area contributed by atoms with Crippen LogP contribution in [0.2, 0.25) is 0 Å². The second-order valence-corrected chi connectivity index (χ2v) is 6.79. The molecule has 0 aliphatic carbocycles. The Kier molecular flexibility index (Phi) is 4.12. The number of hydrogen-bond donors (Lipinski definition) is 1. The number of ether oxygens (including phenoxy) is 1. The van der Waals surface area contributed by atoms with E-state index in [2.05, 4.69) is 20.2 Å². The molecular formula is C18H22N6O2. The van der Waals surface area contributed by atoms with Gasteiger partial charge in [-0.3, -0.25) is 14.6 Å². The largest absolute Gasteiger partial charge is 0.497 e. The number of H-pyrrole nitrogens is 1. The Hall–Kier alpha value is -2.87. The molecule has 1 aliphatic heterocycles. The number of rotatable bonds is 4. The van der Waals surface area contributed by atoms with Crippen molar-refractivity contribution in [1.29, 1.82) is 0 Å². The van der Waals surface area contributed by atoms with Gasteiger partial charge < -0.3 is 14.5 Å². The van der Waals surface area contributed by atoms with E-state index in [9.17, 15) is 4.79 Å². The molecule has 0 bridgehead atoms. The fourth-order valence-corrected chi connectivity index (χ4v) is 3.38. The number of aromatic amines is 1. The second-order valence-electron chi connectivity index (χ2n) is 6.79. The zero-order valence-corrected chi connectivity index (χ0v) is 15.2. The molecule has 3 aromatic rings. The third-order valence-corrected chi connectivity index (χ3v) is 4.70. The summed E-state index contributed by atoms with van der Waals surface area (Å²) in [6.07, 6.45) is 1.90. The average molecular weight is 354 g/mol. The summed E-state index contributed by atoms with van der Waals surface area (Å²) in [6, 6.07) is 5.57.